The summed E-state index contributed by atoms with van der Waals surface area (Å²) in [6.45, 7) is 6.21. The average Bonchev–Trinajstić information content (AvgIpc) is 2.48. The lowest BCUT2D eigenvalue weighted by Gasteiger charge is -2.20. The minimum atomic E-state index is -1.17. The van der Waals surface area contributed by atoms with Crippen LogP contribution in [-0.4, -0.2) is 62.3 Å². The fraction of sp³-hybridized carbons (Fsp3) is 0.800. The zero-order valence-corrected chi connectivity index (χ0v) is 14.9. The fourth-order valence-corrected chi connectivity index (χ4v) is 1.68. The standard InChI is InChI=1S/C15H30N4O5/c1-15(2,3)24-10(20)6-5-7-18-13(21)11(16)12(17)14(22)19-8-9-23-4/h11-12H,5-9,16-17H2,1-4H3,(H,18,21)(H,19,22)/t11-,12-/m0/s1. The highest BCUT2D eigenvalue weighted by Gasteiger charge is 2.27. The molecule has 0 aliphatic rings. The summed E-state index contributed by atoms with van der Waals surface area (Å²) in [5, 5.41) is 5.06. The van der Waals surface area contributed by atoms with E-state index in [0.717, 1.165) is 0 Å². The first-order chi connectivity index (χ1) is 11.1. The summed E-state index contributed by atoms with van der Waals surface area (Å²) in [4.78, 5) is 35.1. The maximum absolute atomic E-state index is 11.9. The Morgan fingerprint density at radius 2 is 1.50 bits per heavy atom. The second kappa shape index (κ2) is 11.0. The molecule has 2 atom stereocenters. The quantitative estimate of drug-likeness (QED) is 0.282. The van der Waals surface area contributed by atoms with Gasteiger partial charge in [-0.05, 0) is 27.2 Å². The molecule has 0 aliphatic carbocycles. The van der Waals surface area contributed by atoms with E-state index in [9.17, 15) is 14.4 Å². The molecule has 0 rings (SSSR count). The van der Waals surface area contributed by atoms with Gasteiger partial charge in [-0.25, -0.2) is 0 Å². The average molecular weight is 346 g/mol. The number of amides is 2. The number of esters is 1. The van der Waals surface area contributed by atoms with Crippen LogP contribution < -0.4 is 22.1 Å². The molecule has 0 aliphatic heterocycles. The van der Waals surface area contributed by atoms with Gasteiger partial charge >= 0.3 is 5.97 Å². The summed E-state index contributed by atoms with van der Waals surface area (Å²) < 4.78 is 9.94. The van der Waals surface area contributed by atoms with E-state index < -0.39 is 29.5 Å². The molecular weight excluding hydrogens is 316 g/mol. The Morgan fingerprint density at radius 3 is 1.96 bits per heavy atom. The van der Waals surface area contributed by atoms with Crippen molar-refractivity contribution in [1.82, 2.24) is 10.6 Å². The van der Waals surface area contributed by atoms with Crippen molar-refractivity contribution in [2.24, 2.45) is 11.5 Å². The van der Waals surface area contributed by atoms with Gasteiger partial charge in [-0.1, -0.05) is 0 Å². The summed E-state index contributed by atoms with van der Waals surface area (Å²) in [5.74, 6) is -1.41. The molecule has 0 bridgehead atoms. The van der Waals surface area contributed by atoms with Gasteiger partial charge in [0.05, 0.1) is 6.61 Å². The number of nitrogens with one attached hydrogen (secondary N) is 2. The number of hydrogen-bond acceptors (Lipinski definition) is 7. The molecule has 0 heterocycles. The first-order valence-corrected chi connectivity index (χ1v) is 7.86. The predicted octanol–water partition coefficient (Wildman–Crippen LogP) is -1.36. The number of carbonyl (C=O) groups is 3. The molecule has 0 saturated carbocycles. The van der Waals surface area contributed by atoms with Crippen LogP contribution in [0.5, 0.6) is 0 Å². The minimum absolute atomic E-state index is 0.177. The first-order valence-electron chi connectivity index (χ1n) is 7.86. The highest BCUT2D eigenvalue weighted by molar-refractivity contribution is 5.92. The zero-order chi connectivity index (χ0) is 18.8. The van der Waals surface area contributed by atoms with Crippen LogP contribution in [0.4, 0.5) is 0 Å². The van der Waals surface area contributed by atoms with Crippen LogP contribution in [0.1, 0.15) is 33.6 Å². The van der Waals surface area contributed by atoms with Gasteiger partial charge in [-0.15, -0.1) is 0 Å². The molecule has 6 N–H and O–H groups in total. The molecule has 24 heavy (non-hydrogen) atoms. The first kappa shape index (κ1) is 22.3. The monoisotopic (exact) mass is 346 g/mol. The lowest BCUT2D eigenvalue weighted by atomic mass is 10.1. The molecule has 0 fully saturated rings. The lowest BCUT2D eigenvalue weighted by molar-refractivity contribution is -0.155. The van der Waals surface area contributed by atoms with E-state index in [2.05, 4.69) is 10.6 Å². The Hall–Kier alpha value is -1.71. The van der Waals surface area contributed by atoms with Gasteiger partial charge in [0, 0.05) is 26.6 Å². The summed E-state index contributed by atoms with van der Waals surface area (Å²) in [5.41, 5.74) is 10.8. The maximum Gasteiger partial charge on any atom is 0.306 e. The maximum atomic E-state index is 11.9. The Bertz CT molecular complexity index is 423. The Balaban J connectivity index is 4.05. The van der Waals surface area contributed by atoms with Crippen molar-refractivity contribution in [3.05, 3.63) is 0 Å². The van der Waals surface area contributed by atoms with E-state index >= 15 is 0 Å². The second-order valence-electron chi connectivity index (χ2n) is 6.32. The molecule has 0 aromatic heterocycles. The van der Waals surface area contributed by atoms with E-state index in [4.69, 9.17) is 20.9 Å². The molecule has 0 spiro atoms. The predicted molar refractivity (Wildman–Crippen MR) is 88.9 cm³/mol. The van der Waals surface area contributed by atoms with Gasteiger partial charge in [0.2, 0.25) is 11.8 Å². The van der Waals surface area contributed by atoms with Crippen LogP contribution in [-0.2, 0) is 23.9 Å². The third kappa shape index (κ3) is 10.1. The van der Waals surface area contributed by atoms with Crippen LogP contribution >= 0.6 is 0 Å². The van der Waals surface area contributed by atoms with Crippen LogP contribution in [0.2, 0.25) is 0 Å². The summed E-state index contributed by atoms with van der Waals surface area (Å²) in [6, 6.07) is -2.33. The Morgan fingerprint density at radius 1 is 1.00 bits per heavy atom. The minimum Gasteiger partial charge on any atom is -0.460 e. The SMILES string of the molecule is COCCNC(=O)[C@@H](N)[C@H](N)C(=O)NCCCC(=O)OC(C)(C)C. The molecule has 0 aromatic carbocycles. The van der Waals surface area contributed by atoms with Crippen LogP contribution in [0.25, 0.3) is 0 Å². The molecular formula is C15H30N4O5. The number of methoxy groups -OCH3 is 1. The molecule has 140 valence electrons. The van der Waals surface area contributed by atoms with Gasteiger partial charge in [0.1, 0.15) is 17.7 Å². The van der Waals surface area contributed by atoms with Gasteiger partial charge in [0.25, 0.3) is 0 Å². The number of carbonyl (C=O) groups excluding carboxylic acids is 3. The van der Waals surface area contributed by atoms with Crippen molar-refractivity contribution in [2.75, 3.05) is 26.8 Å². The van der Waals surface area contributed by atoms with Crippen LogP contribution in [0.3, 0.4) is 0 Å². The topological polar surface area (TPSA) is 146 Å². The van der Waals surface area contributed by atoms with E-state index in [-0.39, 0.29) is 25.5 Å². The highest BCUT2D eigenvalue weighted by Crippen LogP contribution is 2.08. The van der Waals surface area contributed by atoms with Gasteiger partial charge in [-0.3, -0.25) is 14.4 Å². The van der Waals surface area contributed by atoms with Crippen LogP contribution in [0.15, 0.2) is 0 Å². The Labute approximate surface area is 142 Å². The molecule has 0 radical (unpaired) electrons. The largest absolute Gasteiger partial charge is 0.460 e. The summed E-state index contributed by atoms with van der Waals surface area (Å²) in [7, 11) is 1.50. The van der Waals surface area contributed by atoms with Crippen molar-refractivity contribution >= 4 is 17.8 Å². The fourth-order valence-electron chi connectivity index (χ4n) is 1.68. The number of hydrogen-bond donors (Lipinski definition) is 4. The number of rotatable bonds is 10. The van der Waals surface area contributed by atoms with Crippen molar-refractivity contribution < 1.29 is 23.9 Å². The number of nitrogens with two attached hydrogens (primary N) is 2. The second-order valence-corrected chi connectivity index (χ2v) is 6.32. The van der Waals surface area contributed by atoms with Crippen molar-refractivity contribution in [3.8, 4) is 0 Å². The zero-order valence-electron chi connectivity index (χ0n) is 14.9. The lowest BCUT2D eigenvalue weighted by Crippen LogP contribution is -2.58. The Kier molecular flexibility index (Phi) is 10.2. The third-order valence-electron chi connectivity index (χ3n) is 2.87. The molecule has 2 amide bonds. The molecule has 0 unspecified atom stereocenters. The van der Waals surface area contributed by atoms with E-state index in [0.29, 0.717) is 13.0 Å². The highest BCUT2D eigenvalue weighted by atomic mass is 16.6. The molecule has 9 nitrogen and oxygen atoms in total. The van der Waals surface area contributed by atoms with Crippen LogP contribution in [0, 0.1) is 0 Å². The van der Waals surface area contributed by atoms with E-state index in [1.165, 1.54) is 7.11 Å². The third-order valence-corrected chi connectivity index (χ3v) is 2.87. The van der Waals surface area contributed by atoms with Gasteiger partial charge < -0.3 is 31.6 Å². The normalized spacial score (nSPS) is 13.8. The van der Waals surface area contributed by atoms with Crippen molar-refractivity contribution in [1.29, 1.82) is 0 Å². The van der Waals surface area contributed by atoms with E-state index in [1.54, 1.807) is 20.8 Å². The van der Waals surface area contributed by atoms with E-state index in [1.807, 2.05) is 0 Å². The molecule has 0 saturated heterocycles. The molecule has 0 aromatic rings. The summed E-state index contributed by atoms with van der Waals surface area (Å²) >= 11 is 0. The number of ether oxygens (including phenoxy) is 2. The summed E-state index contributed by atoms with van der Waals surface area (Å²) in [6.07, 6.45) is 0.582. The molecule has 9 heteroatoms. The van der Waals surface area contributed by atoms with Crippen molar-refractivity contribution in [2.45, 2.75) is 51.3 Å². The van der Waals surface area contributed by atoms with Gasteiger partial charge in [-0.2, -0.15) is 0 Å². The van der Waals surface area contributed by atoms with Gasteiger partial charge in [0.15, 0.2) is 0 Å². The van der Waals surface area contributed by atoms with Crippen molar-refractivity contribution in [3.63, 3.8) is 0 Å². The smallest absolute Gasteiger partial charge is 0.306 e.